The molecule has 0 bridgehead atoms. The smallest absolute Gasteiger partial charge is 0.251 e. The van der Waals surface area contributed by atoms with Gasteiger partial charge in [-0.1, -0.05) is 56.7 Å². The molecule has 0 radical (unpaired) electrons. The van der Waals surface area contributed by atoms with Crippen LogP contribution in [0.4, 0.5) is 5.69 Å². The van der Waals surface area contributed by atoms with Crippen LogP contribution in [-0.2, 0) is 14.4 Å². The zero-order valence-electron chi connectivity index (χ0n) is 23.0. The Morgan fingerprint density at radius 2 is 1.72 bits per heavy atom. The van der Waals surface area contributed by atoms with E-state index in [4.69, 9.17) is 11.6 Å². The van der Waals surface area contributed by atoms with Crippen molar-refractivity contribution < 1.29 is 19.5 Å². The molecule has 6 atom stereocenters. The van der Waals surface area contributed by atoms with Crippen molar-refractivity contribution in [2.75, 3.05) is 31.1 Å². The molecule has 210 valence electrons. The Labute approximate surface area is 240 Å². The number of amides is 3. The fourth-order valence-electron chi connectivity index (χ4n) is 7.05. The lowest BCUT2D eigenvalue weighted by molar-refractivity contribution is -0.145. The summed E-state index contributed by atoms with van der Waals surface area (Å²) in [5.74, 6) is -1.55. The van der Waals surface area contributed by atoms with Crippen LogP contribution in [0.1, 0.15) is 40.5 Å². The van der Waals surface area contributed by atoms with Crippen molar-refractivity contribution in [2.24, 2.45) is 17.8 Å². The number of aliphatic hydroxyl groups is 1. The van der Waals surface area contributed by atoms with Gasteiger partial charge in [0.1, 0.15) is 6.04 Å². The molecule has 0 saturated carbocycles. The van der Waals surface area contributed by atoms with Gasteiger partial charge in [-0.15, -0.1) is 11.8 Å². The monoisotopic (exact) mass is 571 g/mol. The molecule has 7 nitrogen and oxygen atoms in total. The molecular formula is C30H38ClN3O4S. The summed E-state index contributed by atoms with van der Waals surface area (Å²) in [7, 11) is 0. The third-order valence-electron chi connectivity index (χ3n) is 8.56. The Morgan fingerprint density at radius 3 is 2.36 bits per heavy atom. The number of anilines is 1. The summed E-state index contributed by atoms with van der Waals surface area (Å²) >= 11 is 7.71. The maximum absolute atomic E-state index is 14.6. The highest BCUT2D eigenvalue weighted by Crippen LogP contribution is 2.66. The molecule has 4 heterocycles. The first-order valence-electron chi connectivity index (χ1n) is 13.9. The van der Waals surface area contributed by atoms with Crippen LogP contribution in [0.25, 0.3) is 0 Å². The predicted octanol–water partition coefficient (Wildman–Crippen LogP) is 4.15. The van der Waals surface area contributed by atoms with Crippen LogP contribution in [-0.4, -0.2) is 80.4 Å². The number of aliphatic hydroxyl groups excluding tert-OH is 1. The molecule has 1 unspecified atom stereocenters. The zero-order valence-corrected chi connectivity index (χ0v) is 24.6. The predicted molar refractivity (Wildman–Crippen MR) is 156 cm³/mol. The number of carbonyl (C=O) groups is 3. The van der Waals surface area contributed by atoms with Crippen LogP contribution >= 0.6 is 23.4 Å². The SMILES string of the molecule is CCCN1CC=C[C@]2(C)S[C@]34C=CCN(c5ccc(Cl)cc5)C(=O)C3N([C@@H](CO)CC(C)C)C(=O)[C@@H]4[C@@H]2C1=O. The van der Waals surface area contributed by atoms with Crippen molar-refractivity contribution in [1.29, 1.82) is 0 Å². The summed E-state index contributed by atoms with van der Waals surface area (Å²) in [6, 6.07) is 5.74. The minimum absolute atomic E-state index is 0.0308. The second kappa shape index (κ2) is 10.6. The highest BCUT2D eigenvalue weighted by molar-refractivity contribution is 8.02. The van der Waals surface area contributed by atoms with Crippen molar-refractivity contribution in [1.82, 2.24) is 9.80 Å². The fourth-order valence-corrected chi connectivity index (χ4v) is 9.32. The number of benzene rings is 1. The highest BCUT2D eigenvalue weighted by Gasteiger charge is 2.74. The Balaban J connectivity index is 1.67. The highest BCUT2D eigenvalue weighted by atomic mass is 35.5. The molecule has 5 rings (SSSR count). The molecule has 9 heteroatoms. The molecule has 1 aromatic carbocycles. The van der Waals surface area contributed by atoms with Crippen molar-refractivity contribution in [3.8, 4) is 0 Å². The van der Waals surface area contributed by atoms with E-state index in [0.717, 1.165) is 6.42 Å². The van der Waals surface area contributed by atoms with Crippen LogP contribution in [0.3, 0.4) is 0 Å². The van der Waals surface area contributed by atoms with Gasteiger partial charge in [0.05, 0.1) is 29.2 Å². The summed E-state index contributed by atoms with van der Waals surface area (Å²) in [4.78, 5) is 48.5. The third kappa shape index (κ3) is 4.52. The standard InChI is InChI=1S/C30H38ClN3O4S/c1-5-14-32-15-6-12-29(4)23(26(32)36)24-27(37)34(22(18-35)17-19(2)3)25-28(38)33(16-7-13-30(24,25)39-29)21-10-8-20(31)9-11-21/h6-13,19,22-25,35H,5,14-18H2,1-4H3/t22-,23-,24+,25?,29+,30+/m1/s1. The van der Waals surface area contributed by atoms with Gasteiger partial charge in [-0.2, -0.15) is 0 Å². The van der Waals surface area contributed by atoms with Crippen molar-refractivity contribution in [3.05, 3.63) is 53.6 Å². The number of thioether (sulfide) groups is 1. The molecule has 2 fully saturated rings. The van der Waals surface area contributed by atoms with Gasteiger partial charge in [-0.05, 0) is 49.9 Å². The van der Waals surface area contributed by atoms with Crippen LogP contribution in [0.5, 0.6) is 0 Å². The maximum Gasteiger partial charge on any atom is 0.251 e. The largest absolute Gasteiger partial charge is 0.394 e. The zero-order chi connectivity index (χ0) is 28.1. The minimum atomic E-state index is -0.936. The quantitative estimate of drug-likeness (QED) is 0.497. The number of nitrogens with zero attached hydrogens (tertiary/aromatic N) is 3. The molecule has 4 aliphatic heterocycles. The summed E-state index contributed by atoms with van der Waals surface area (Å²) < 4.78 is -1.58. The number of hydrogen-bond acceptors (Lipinski definition) is 5. The second-order valence-corrected chi connectivity index (χ2v) is 14.0. The Kier molecular flexibility index (Phi) is 7.68. The summed E-state index contributed by atoms with van der Waals surface area (Å²) in [6.07, 6.45) is 9.48. The molecule has 3 amide bonds. The van der Waals surface area contributed by atoms with Gasteiger partial charge >= 0.3 is 0 Å². The van der Waals surface area contributed by atoms with Gasteiger partial charge in [-0.25, -0.2) is 0 Å². The summed E-state index contributed by atoms with van der Waals surface area (Å²) in [6.45, 7) is 9.40. The minimum Gasteiger partial charge on any atom is -0.394 e. The van der Waals surface area contributed by atoms with Crippen LogP contribution in [0, 0.1) is 17.8 Å². The normalized spacial score (nSPS) is 32.8. The lowest BCUT2D eigenvalue weighted by Gasteiger charge is -2.40. The van der Waals surface area contributed by atoms with Crippen molar-refractivity contribution in [2.45, 2.75) is 62.1 Å². The number of likely N-dealkylation sites (tertiary alicyclic amines) is 1. The summed E-state index contributed by atoms with van der Waals surface area (Å²) in [5, 5.41) is 11.1. The van der Waals surface area contributed by atoms with Crippen LogP contribution in [0.2, 0.25) is 5.02 Å². The van der Waals surface area contributed by atoms with Crippen molar-refractivity contribution >= 4 is 46.8 Å². The molecule has 2 saturated heterocycles. The average molecular weight is 572 g/mol. The Hall–Kier alpha value is -2.29. The van der Waals surface area contributed by atoms with Gasteiger partial charge in [0, 0.05) is 35.1 Å². The van der Waals surface area contributed by atoms with E-state index >= 15 is 0 Å². The van der Waals surface area contributed by atoms with E-state index in [-0.39, 0.29) is 30.2 Å². The van der Waals surface area contributed by atoms with E-state index in [2.05, 4.69) is 6.08 Å². The first kappa shape index (κ1) is 28.2. The first-order valence-corrected chi connectivity index (χ1v) is 15.1. The summed E-state index contributed by atoms with van der Waals surface area (Å²) in [5.41, 5.74) is 0.694. The van der Waals surface area contributed by atoms with Gasteiger partial charge in [0.15, 0.2) is 0 Å². The van der Waals surface area contributed by atoms with E-state index in [1.807, 2.05) is 63.0 Å². The first-order chi connectivity index (χ1) is 18.6. The average Bonchev–Trinajstić information content (AvgIpc) is 3.17. The molecule has 1 spiro atoms. The molecule has 39 heavy (non-hydrogen) atoms. The molecule has 0 aliphatic carbocycles. The Bertz CT molecular complexity index is 1200. The maximum atomic E-state index is 14.6. The third-order valence-corrected chi connectivity index (χ3v) is 10.6. The Morgan fingerprint density at radius 1 is 1.03 bits per heavy atom. The molecule has 1 aromatic rings. The van der Waals surface area contributed by atoms with E-state index < -0.39 is 33.4 Å². The van der Waals surface area contributed by atoms with Crippen LogP contribution in [0.15, 0.2) is 48.6 Å². The van der Waals surface area contributed by atoms with Gasteiger partial charge < -0.3 is 19.8 Å². The van der Waals surface area contributed by atoms with Crippen LogP contribution < -0.4 is 4.90 Å². The number of carbonyl (C=O) groups excluding carboxylic acids is 3. The molecule has 1 N–H and O–H groups in total. The van der Waals surface area contributed by atoms with E-state index in [1.165, 1.54) is 0 Å². The molecule has 0 aromatic heterocycles. The van der Waals surface area contributed by atoms with E-state index in [9.17, 15) is 19.5 Å². The van der Waals surface area contributed by atoms with Gasteiger partial charge in [0.2, 0.25) is 11.8 Å². The number of rotatable bonds is 7. The van der Waals surface area contributed by atoms with Gasteiger partial charge in [0.25, 0.3) is 5.91 Å². The number of fused-ring (bicyclic) bond motifs is 2. The number of hydrogen-bond donors (Lipinski definition) is 1. The molecular weight excluding hydrogens is 534 g/mol. The topological polar surface area (TPSA) is 81.2 Å². The number of halogens is 1. The molecule has 4 aliphatic rings. The lowest BCUT2D eigenvalue weighted by atomic mass is 9.74. The van der Waals surface area contributed by atoms with E-state index in [1.54, 1.807) is 33.7 Å². The fraction of sp³-hybridized carbons (Fsp3) is 0.567. The van der Waals surface area contributed by atoms with Crippen molar-refractivity contribution in [3.63, 3.8) is 0 Å². The lowest BCUT2D eigenvalue weighted by Crippen LogP contribution is -2.57. The second-order valence-electron chi connectivity index (χ2n) is 11.7. The van der Waals surface area contributed by atoms with Gasteiger partial charge in [-0.3, -0.25) is 14.4 Å². The van der Waals surface area contributed by atoms with E-state index in [0.29, 0.717) is 36.8 Å².